The molecule has 0 radical (unpaired) electrons. The number of aromatic amines is 1. The van der Waals surface area contributed by atoms with Crippen molar-refractivity contribution in [3.63, 3.8) is 0 Å². The number of nitrogens with one attached hydrogen (secondary N) is 1. The predicted molar refractivity (Wildman–Crippen MR) is 89.6 cm³/mol. The van der Waals surface area contributed by atoms with Crippen LogP contribution in [-0.4, -0.2) is 39.8 Å². The van der Waals surface area contributed by atoms with Gasteiger partial charge in [0.25, 0.3) is 5.56 Å². The second-order valence-electron chi connectivity index (χ2n) is 5.22. The number of hydrogen-bond acceptors (Lipinski definition) is 5. The zero-order chi connectivity index (χ0) is 16.1. The second kappa shape index (κ2) is 7.02. The Morgan fingerprint density at radius 1 is 1.09 bits per heavy atom. The summed E-state index contributed by atoms with van der Waals surface area (Å²) in [5.74, 6) is 0.709. The number of H-pyrrole nitrogens is 1. The standard InChI is InChI=1S/C17H18N4O2/c22-11-10-21(9-8-13-4-2-1-3-5-13)15-7-6-14-16(20-15)18-12-19-17(14)23/h1-7,12,22H,8-11H2,(H,18,19,20,23). The van der Waals surface area contributed by atoms with Crippen LogP contribution in [0, 0.1) is 0 Å². The Balaban J connectivity index is 1.84. The summed E-state index contributed by atoms with van der Waals surface area (Å²) in [6.45, 7) is 1.25. The van der Waals surface area contributed by atoms with Crippen LogP contribution in [0.4, 0.5) is 5.82 Å². The van der Waals surface area contributed by atoms with Gasteiger partial charge in [-0.15, -0.1) is 0 Å². The van der Waals surface area contributed by atoms with Crippen molar-refractivity contribution >= 4 is 16.9 Å². The van der Waals surface area contributed by atoms with E-state index >= 15 is 0 Å². The first-order valence-corrected chi connectivity index (χ1v) is 7.52. The average molecular weight is 310 g/mol. The molecule has 118 valence electrons. The van der Waals surface area contributed by atoms with Crippen molar-refractivity contribution in [2.24, 2.45) is 0 Å². The molecule has 6 nitrogen and oxygen atoms in total. The van der Waals surface area contributed by atoms with Gasteiger partial charge in [0.15, 0.2) is 5.65 Å². The first-order chi connectivity index (χ1) is 11.3. The van der Waals surface area contributed by atoms with Crippen molar-refractivity contribution in [3.8, 4) is 0 Å². The highest BCUT2D eigenvalue weighted by atomic mass is 16.3. The Labute approximate surface area is 133 Å². The quantitative estimate of drug-likeness (QED) is 0.718. The molecule has 0 aliphatic rings. The van der Waals surface area contributed by atoms with Gasteiger partial charge >= 0.3 is 0 Å². The average Bonchev–Trinajstić information content (AvgIpc) is 2.59. The number of hydrogen-bond donors (Lipinski definition) is 2. The molecule has 6 heteroatoms. The third kappa shape index (κ3) is 3.54. The van der Waals surface area contributed by atoms with Crippen molar-refractivity contribution in [1.82, 2.24) is 15.0 Å². The highest BCUT2D eigenvalue weighted by Crippen LogP contribution is 2.15. The maximum absolute atomic E-state index is 11.7. The summed E-state index contributed by atoms with van der Waals surface area (Å²) in [5.41, 5.74) is 1.44. The van der Waals surface area contributed by atoms with Gasteiger partial charge in [0.05, 0.1) is 18.3 Å². The summed E-state index contributed by atoms with van der Waals surface area (Å²) in [5, 5.41) is 9.77. The first-order valence-electron chi connectivity index (χ1n) is 7.52. The molecular weight excluding hydrogens is 292 g/mol. The molecule has 0 spiro atoms. The molecule has 0 saturated heterocycles. The molecule has 0 fully saturated rings. The minimum absolute atomic E-state index is 0.0390. The van der Waals surface area contributed by atoms with Gasteiger partial charge in [0.1, 0.15) is 5.82 Å². The minimum Gasteiger partial charge on any atom is -0.395 e. The molecule has 0 bridgehead atoms. The molecule has 0 aliphatic carbocycles. The summed E-state index contributed by atoms with van der Waals surface area (Å²) in [7, 11) is 0. The van der Waals surface area contributed by atoms with Gasteiger partial charge < -0.3 is 15.0 Å². The van der Waals surface area contributed by atoms with Gasteiger partial charge in [0, 0.05) is 13.1 Å². The molecule has 2 N–H and O–H groups in total. The molecule has 0 unspecified atom stereocenters. The number of aliphatic hydroxyl groups is 1. The highest BCUT2D eigenvalue weighted by molar-refractivity contribution is 5.75. The van der Waals surface area contributed by atoms with E-state index in [0.29, 0.717) is 23.4 Å². The van der Waals surface area contributed by atoms with Crippen molar-refractivity contribution in [1.29, 1.82) is 0 Å². The van der Waals surface area contributed by atoms with Gasteiger partial charge in [-0.3, -0.25) is 4.79 Å². The summed E-state index contributed by atoms with van der Waals surface area (Å²) in [6, 6.07) is 13.7. The third-order valence-corrected chi connectivity index (χ3v) is 3.69. The molecule has 1 aromatic carbocycles. The number of pyridine rings is 1. The van der Waals surface area contributed by atoms with Crippen LogP contribution in [0.25, 0.3) is 11.0 Å². The van der Waals surface area contributed by atoms with Gasteiger partial charge in [-0.1, -0.05) is 30.3 Å². The molecule has 0 aliphatic heterocycles. The van der Waals surface area contributed by atoms with Crippen molar-refractivity contribution in [2.45, 2.75) is 6.42 Å². The lowest BCUT2D eigenvalue weighted by Gasteiger charge is -2.23. The number of nitrogens with zero attached hydrogens (tertiary/aromatic N) is 3. The zero-order valence-electron chi connectivity index (χ0n) is 12.6. The molecule has 23 heavy (non-hydrogen) atoms. The molecule has 0 amide bonds. The number of benzene rings is 1. The lowest BCUT2D eigenvalue weighted by atomic mass is 10.1. The van der Waals surface area contributed by atoms with Gasteiger partial charge in [0.2, 0.25) is 0 Å². The fraction of sp³-hybridized carbons (Fsp3) is 0.235. The van der Waals surface area contributed by atoms with Crippen LogP contribution >= 0.6 is 0 Å². The van der Waals surface area contributed by atoms with E-state index in [1.165, 1.54) is 11.9 Å². The van der Waals surface area contributed by atoms with Crippen LogP contribution in [0.2, 0.25) is 0 Å². The number of aromatic nitrogens is 3. The van der Waals surface area contributed by atoms with Gasteiger partial charge in [-0.25, -0.2) is 9.97 Å². The van der Waals surface area contributed by atoms with Crippen molar-refractivity contribution in [2.75, 3.05) is 24.6 Å². The van der Waals surface area contributed by atoms with E-state index in [2.05, 4.69) is 27.1 Å². The SMILES string of the molecule is O=c1[nH]cnc2nc(N(CCO)CCc3ccccc3)ccc12. The van der Waals surface area contributed by atoms with Crippen LogP contribution in [-0.2, 0) is 6.42 Å². The molecule has 3 rings (SSSR count). The molecular formula is C17H18N4O2. The number of fused-ring (bicyclic) bond motifs is 1. The Hall–Kier alpha value is -2.73. The Kier molecular flexibility index (Phi) is 4.63. The lowest BCUT2D eigenvalue weighted by Crippen LogP contribution is -2.30. The topological polar surface area (TPSA) is 82.1 Å². The van der Waals surface area contributed by atoms with E-state index in [1.54, 1.807) is 12.1 Å². The summed E-state index contributed by atoms with van der Waals surface area (Å²) >= 11 is 0. The van der Waals surface area contributed by atoms with Crippen LogP contribution in [0.1, 0.15) is 5.56 Å². The zero-order valence-corrected chi connectivity index (χ0v) is 12.6. The fourth-order valence-corrected chi connectivity index (χ4v) is 2.49. The van der Waals surface area contributed by atoms with E-state index in [9.17, 15) is 9.90 Å². The summed E-state index contributed by atoms with van der Waals surface area (Å²) in [6.07, 6.45) is 2.20. The number of anilines is 1. The summed E-state index contributed by atoms with van der Waals surface area (Å²) < 4.78 is 0. The number of rotatable bonds is 6. The summed E-state index contributed by atoms with van der Waals surface area (Å²) in [4.78, 5) is 24.8. The Bertz CT molecular complexity index is 833. The van der Waals surface area contributed by atoms with Crippen LogP contribution in [0.3, 0.4) is 0 Å². The van der Waals surface area contributed by atoms with E-state index in [-0.39, 0.29) is 12.2 Å². The fourth-order valence-electron chi connectivity index (χ4n) is 2.49. The smallest absolute Gasteiger partial charge is 0.260 e. The van der Waals surface area contributed by atoms with Crippen LogP contribution < -0.4 is 10.5 Å². The van der Waals surface area contributed by atoms with Crippen LogP contribution in [0.15, 0.2) is 53.6 Å². The predicted octanol–water partition coefficient (Wildman–Crippen LogP) is 1.36. The van der Waals surface area contributed by atoms with E-state index in [4.69, 9.17) is 0 Å². The monoisotopic (exact) mass is 310 g/mol. The Morgan fingerprint density at radius 2 is 1.91 bits per heavy atom. The van der Waals surface area contributed by atoms with E-state index in [1.807, 2.05) is 23.1 Å². The van der Waals surface area contributed by atoms with E-state index in [0.717, 1.165) is 13.0 Å². The minimum atomic E-state index is -0.202. The van der Waals surface area contributed by atoms with E-state index < -0.39 is 0 Å². The molecule has 2 heterocycles. The molecule has 0 atom stereocenters. The van der Waals surface area contributed by atoms with Gasteiger partial charge in [-0.2, -0.15) is 0 Å². The molecule has 0 saturated carbocycles. The maximum Gasteiger partial charge on any atom is 0.260 e. The van der Waals surface area contributed by atoms with Gasteiger partial charge in [-0.05, 0) is 24.1 Å². The molecule has 2 aromatic heterocycles. The Morgan fingerprint density at radius 3 is 2.70 bits per heavy atom. The first kappa shape index (κ1) is 15.2. The highest BCUT2D eigenvalue weighted by Gasteiger charge is 2.10. The largest absolute Gasteiger partial charge is 0.395 e. The maximum atomic E-state index is 11.7. The van der Waals surface area contributed by atoms with Crippen LogP contribution in [0.5, 0.6) is 0 Å². The number of aliphatic hydroxyl groups excluding tert-OH is 1. The lowest BCUT2D eigenvalue weighted by molar-refractivity contribution is 0.301. The van der Waals surface area contributed by atoms with Crippen molar-refractivity contribution in [3.05, 3.63) is 64.7 Å². The normalized spacial score (nSPS) is 10.8. The molecule has 3 aromatic rings. The van der Waals surface area contributed by atoms with Crippen molar-refractivity contribution < 1.29 is 5.11 Å². The third-order valence-electron chi connectivity index (χ3n) is 3.69. The second-order valence-corrected chi connectivity index (χ2v) is 5.22.